The van der Waals surface area contributed by atoms with E-state index in [9.17, 15) is 0 Å². The summed E-state index contributed by atoms with van der Waals surface area (Å²) in [5, 5.41) is 0. The van der Waals surface area contributed by atoms with Gasteiger partial charge in [-0.25, -0.2) is 4.98 Å². The number of nitrogens with zero attached hydrogens (tertiary/aromatic N) is 4. The van der Waals surface area contributed by atoms with E-state index >= 15 is 0 Å². The summed E-state index contributed by atoms with van der Waals surface area (Å²) in [6.45, 7) is 0.756. The minimum Gasteiger partial charge on any atom is -0.348 e. The second-order valence-corrected chi connectivity index (χ2v) is 3.93. The van der Waals surface area contributed by atoms with Gasteiger partial charge in [0.25, 0.3) is 0 Å². The fourth-order valence-corrected chi connectivity index (χ4v) is 1.63. The second kappa shape index (κ2) is 4.30. The number of hydrogen-bond acceptors (Lipinski definition) is 3. The molecule has 86 valence electrons. The zero-order valence-electron chi connectivity index (χ0n) is 9.88. The first-order valence-corrected chi connectivity index (χ1v) is 5.23. The summed E-state index contributed by atoms with van der Waals surface area (Å²) >= 11 is 0. The molecule has 0 saturated carbocycles. The van der Waals surface area contributed by atoms with Gasteiger partial charge < -0.3 is 14.9 Å². The van der Waals surface area contributed by atoms with Gasteiger partial charge in [0.15, 0.2) is 0 Å². The number of hydrogen-bond donors (Lipinski definition) is 1. The van der Waals surface area contributed by atoms with Crippen molar-refractivity contribution in [2.24, 2.45) is 7.05 Å². The molecule has 2 aromatic rings. The molecule has 5 nitrogen and oxygen atoms in total. The van der Waals surface area contributed by atoms with Crippen molar-refractivity contribution in [2.45, 2.75) is 6.54 Å². The van der Waals surface area contributed by atoms with Crippen LogP contribution in [0.15, 0.2) is 30.7 Å². The van der Waals surface area contributed by atoms with Gasteiger partial charge in [-0.2, -0.15) is 0 Å². The number of rotatable bonds is 4. The van der Waals surface area contributed by atoms with E-state index in [0.717, 1.165) is 18.2 Å². The van der Waals surface area contributed by atoms with Gasteiger partial charge in [-0.15, -0.1) is 0 Å². The lowest BCUT2D eigenvalue weighted by molar-refractivity contribution is 0.766. The van der Waals surface area contributed by atoms with E-state index in [2.05, 4.69) is 15.0 Å². The van der Waals surface area contributed by atoms with Gasteiger partial charge in [-0.3, -0.25) is 4.68 Å². The molecule has 0 saturated heterocycles. The fourth-order valence-electron chi connectivity index (χ4n) is 1.63. The summed E-state index contributed by atoms with van der Waals surface area (Å²) in [7, 11) is 6.01. The van der Waals surface area contributed by atoms with Crippen LogP contribution in [-0.4, -0.2) is 28.3 Å². The van der Waals surface area contributed by atoms with E-state index in [1.165, 1.54) is 0 Å². The van der Waals surface area contributed by atoms with Crippen LogP contribution in [0.2, 0.25) is 0 Å². The number of nitrogens with one attached hydrogen (secondary N) is 1. The van der Waals surface area contributed by atoms with Crippen molar-refractivity contribution in [2.75, 3.05) is 24.4 Å². The predicted octanol–water partition coefficient (Wildman–Crippen LogP) is 1.03. The SMILES string of the molecule is CN(C)c1ncc(CNn2cccc2)n1C. The molecule has 0 spiro atoms. The zero-order valence-corrected chi connectivity index (χ0v) is 9.88. The third-order valence-electron chi connectivity index (χ3n) is 2.51. The summed E-state index contributed by atoms with van der Waals surface area (Å²) in [4.78, 5) is 6.35. The number of imidazole rings is 1. The molecule has 5 heteroatoms. The molecular weight excluding hydrogens is 202 g/mol. The molecule has 0 aromatic carbocycles. The van der Waals surface area contributed by atoms with Gasteiger partial charge in [-0.1, -0.05) is 0 Å². The van der Waals surface area contributed by atoms with Crippen LogP contribution in [0.25, 0.3) is 0 Å². The van der Waals surface area contributed by atoms with E-state index in [4.69, 9.17) is 0 Å². The monoisotopic (exact) mass is 219 g/mol. The van der Waals surface area contributed by atoms with E-state index in [0.29, 0.717) is 0 Å². The highest BCUT2D eigenvalue weighted by atomic mass is 15.4. The topological polar surface area (TPSA) is 38.0 Å². The minimum atomic E-state index is 0.756. The highest BCUT2D eigenvalue weighted by molar-refractivity contribution is 5.31. The van der Waals surface area contributed by atoms with Gasteiger partial charge in [0, 0.05) is 33.5 Å². The van der Waals surface area contributed by atoms with Crippen molar-refractivity contribution in [3.8, 4) is 0 Å². The van der Waals surface area contributed by atoms with Crippen molar-refractivity contribution in [1.29, 1.82) is 0 Å². The molecule has 0 radical (unpaired) electrons. The Balaban J connectivity index is 2.05. The molecule has 1 N–H and O–H groups in total. The molecule has 0 atom stereocenters. The third kappa shape index (κ3) is 2.03. The minimum absolute atomic E-state index is 0.756. The molecule has 0 aliphatic carbocycles. The van der Waals surface area contributed by atoms with Crippen LogP contribution in [0.3, 0.4) is 0 Å². The van der Waals surface area contributed by atoms with Crippen LogP contribution in [0.4, 0.5) is 5.95 Å². The first-order valence-electron chi connectivity index (χ1n) is 5.23. The van der Waals surface area contributed by atoms with Gasteiger partial charge in [0.05, 0.1) is 18.4 Å². The lowest BCUT2D eigenvalue weighted by atomic mass is 10.5. The molecule has 0 fully saturated rings. The van der Waals surface area contributed by atoms with Crippen molar-refractivity contribution in [3.05, 3.63) is 36.4 Å². The van der Waals surface area contributed by atoms with Gasteiger partial charge in [0.2, 0.25) is 5.95 Å². The van der Waals surface area contributed by atoms with Crippen LogP contribution >= 0.6 is 0 Å². The van der Waals surface area contributed by atoms with E-state index in [1.54, 1.807) is 0 Å². The van der Waals surface area contributed by atoms with Gasteiger partial charge in [-0.05, 0) is 12.1 Å². The van der Waals surface area contributed by atoms with E-state index in [1.807, 2.05) is 61.4 Å². The van der Waals surface area contributed by atoms with Crippen molar-refractivity contribution >= 4 is 5.95 Å². The second-order valence-electron chi connectivity index (χ2n) is 3.93. The third-order valence-corrected chi connectivity index (χ3v) is 2.51. The first kappa shape index (κ1) is 10.6. The Morgan fingerprint density at radius 1 is 1.31 bits per heavy atom. The highest BCUT2D eigenvalue weighted by Crippen LogP contribution is 2.10. The summed E-state index contributed by atoms with van der Waals surface area (Å²) in [5.41, 5.74) is 4.42. The van der Waals surface area contributed by atoms with Crippen LogP contribution in [-0.2, 0) is 13.6 Å². The average Bonchev–Trinajstić information content (AvgIpc) is 2.84. The maximum atomic E-state index is 4.35. The quantitative estimate of drug-likeness (QED) is 0.834. The summed E-state index contributed by atoms with van der Waals surface area (Å²) in [5.74, 6) is 0.962. The highest BCUT2D eigenvalue weighted by Gasteiger charge is 2.07. The number of aromatic nitrogens is 3. The lowest BCUT2D eigenvalue weighted by Crippen LogP contribution is -2.17. The molecular formula is C11H17N5. The van der Waals surface area contributed by atoms with Crippen molar-refractivity contribution < 1.29 is 0 Å². The Morgan fingerprint density at radius 2 is 2.00 bits per heavy atom. The molecule has 0 aliphatic rings. The first-order chi connectivity index (χ1) is 7.68. The maximum Gasteiger partial charge on any atom is 0.204 e. The Bertz CT molecular complexity index is 441. The van der Waals surface area contributed by atoms with E-state index < -0.39 is 0 Å². The smallest absolute Gasteiger partial charge is 0.204 e. The standard InChI is InChI=1S/C11H17N5/c1-14(2)11-12-8-10(15(11)3)9-13-16-6-4-5-7-16/h4-8,13H,9H2,1-3H3. The molecule has 16 heavy (non-hydrogen) atoms. The molecule has 0 aliphatic heterocycles. The Labute approximate surface area is 95.3 Å². The average molecular weight is 219 g/mol. The van der Waals surface area contributed by atoms with Crippen LogP contribution in [0.1, 0.15) is 5.69 Å². The Morgan fingerprint density at radius 3 is 2.56 bits per heavy atom. The largest absolute Gasteiger partial charge is 0.348 e. The normalized spacial score (nSPS) is 10.4. The Kier molecular flexibility index (Phi) is 2.85. The van der Waals surface area contributed by atoms with Crippen LogP contribution in [0.5, 0.6) is 0 Å². The summed E-state index contributed by atoms with van der Waals surface area (Å²) in [6, 6.07) is 3.98. The van der Waals surface area contributed by atoms with Crippen molar-refractivity contribution in [3.63, 3.8) is 0 Å². The molecule has 2 heterocycles. The van der Waals surface area contributed by atoms with E-state index in [-0.39, 0.29) is 0 Å². The molecule has 0 bridgehead atoms. The van der Waals surface area contributed by atoms with Crippen LogP contribution < -0.4 is 10.3 Å². The predicted molar refractivity (Wildman–Crippen MR) is 65.0 cm³/mol. The molecule has 0 unspecified atom stereocenters. The van der Waals surface area contributed by atoms with Gasteiger partial charge >= 0.3 is 0 Å². The molecule has 0 amide bonds. The zero-order chi connectivity index (χ0) is 11.5. The van der Waals surface area contributed by atoms with Crippen molar-refractivity contribution in [1.82, 2.24) is 14.2 Å². The fraction of sp³-hybridized carbons (Fsp3) is 0.364. The summed E-state index contributed by atoms with van der Waals surface area (Å²) < 4.78 is 4.01. The lowest BCUT2D eigenvalue weighted by Gasteiger charge is -2.13. The maximum absolute atomic E-state index is 4.35. The molecule has 2 aromatic heterocycles. The van der Waals surface area contributed by atoms with Crippen LogP contribution in [0, 0.1) is 0 Å². The summed E-state index contributed by atoms with van der Waals surface area (Å²) in [6.07, 6.45) is 5.85. The number of anilines is 1. The molecule has 2 rings (SSSR count). The van der Waals surface area contributed by atoms with Gasteiger partial charge in [0.1, 0.15) is 0 Å². The Hall–Kier alpha value is -1.91.